The van der Waals surface area contributed by atoms with Gasteiger partial charge in [0.05, 0.1) is 18.2 Å². The highest BCUT2D eigenvalue weighted by atomic mass is 16.5. The monoisotopic (exact) mass is 236 g/mol. The summed E-state index contributed by atoms with van der Waals surface area (Å²) in [4.78, 5) is 27.8. The van der Waals surface area contributed by atoms with Gasteiger partial charge in [0.25, 0.3) is 0 Å². The summed E-state index contributed by atoms with van der Waals surface area (Å²) in [6.45, 7) is 6.38. The molecule has 0 N–H and O–H groups in total. The lowest BCUT2D eigenvalue weighted by Gasteiger charge is -2.22. The Balaban J connectivity index is 2.29. The Labute approximate surface area is 99.8 Å². The molecule has 0 aliphatic carbocycles. The Kier molecular flexibility index (Phi) is 3.00. The second-order valence-corrected chi connectivity index (χ2v) is 4.29. The van der Waals surface area contributed by atoms with Crippen LogP contribution in [0.3, 0.4) is 0 Å². The number of carbonyl (C=O) groups excluding carboxylic acids is 2. The molecular formula is C12H16N2O3. The van der Waals surface area contributed by atoms with E-state index in [0.717, 1.165) is 11.4 Å². The largest absolute Gasteiger partial charge is 0.466 e. The summed E-state index contributed by atoms with van der Waals surface area (Å²) in [5.41, 5.74) is 1.79. The molecule has 5 heteroatoms. The minimum Gasteiger partial charge on any atom is -0.466 e. The highest BCUT2D eigenvalue weighted by Crippen LogP contribution is 2.23. The molecule has 1 atom stereocenters. The van der Waals surface area contributed by atoms with Crippen LogP contribution >= 0.6 is 0 Å². The lowest BCUT2D eigenvalue weighted by atomic mass is 9.98. The van der Waals surface area contributed by atoms with Crippen LogP contribution in [-0.2, 0) is 16.1 Å². The van der Waals surface area contributed by atoms with Gasteiger partial charge in [0.2, 0.25) is 0 Å². The highest BCUT2D eigenvalue weighted by Gasteiger charge is 2.33. The molecule has 1 unspecified atom stereocenters. The number of rotatable bonds is 2. The fourth-order valence-corrected chi connectivity index (χ4v) is 2.11. The van der Waals surface area contributed by atoms with Crippen molar-refractivity contribution < 1.29 is 14.3 Å². The zero-order chi connectivity index (χ0) is 12.6. The molecule has 0 amide bonds. The first kappa shape index (κ1) is 11.8. The third kappa shape index (κ3) is 1.97. The van der Waals surface area contributed by atoms with Crippen LogP contribution in [-0.4, -0.2) is 27.9 Å². The fourth-order valence-electron chi connectivity index (χ4n) is 2.11. The van der Waals surface area contributed by atoms with Gasteiger partial charge >= 0.3 is 5.97 Å². The molecule has 0 fully saturated rings. The Hall–Kier alpha value is -1.65. The van der Waals surface area contributed by atoms with Crippen LogP contribution in [0.25, 0.3) is 0 Å². The standard InChI is InChI=1S/C12H16N2O3/c1-4-17-12(16)9-5-10(15)11-13-7(2)8(3)14(11)6-9/h9H,4-6H2,1-3H3. The fraction of sp³-hybridized carbons (Fsp3) is 0.583. The lowest BCUT2D eigenvalue weighted by molar-refractivity contribution is -0.148. The minimum absolute atomic E-state index is 0.0782. The molecule has 0 bridgehead atoms. The van der Waals surface area contributed by atoms with Crippen molar-refractivity contribution >= 4 is 11.8 Å². The van der Waals surface area contributed by atoms with Crippen molar-refractivity contribution in [1.82, 2.24) is 9.55 Å². The molecule has 92 valence electrons. The molecule has 0 radical (unpaired) electrons. The Morgan fingerprint density at radius 3 is 2.88 bits per heavy atom. The number of carbonyl (C=O) groups is 2. The van der Waals surface area contributed by atoms with Gasteiger partial charge in [-0.05, 0) is 20.8 Å². The Morgan fingerprint density at radius 2 is 2.24 bits per heavy atom. The molecule has 5 nitrogen and oxygen atoms in total. The number of ketones is 1. The molecule has 2 heterocycles. The van der Waals surface area contributed by atoms with Crippen molar-refractivity contribution in [3.63, 3.8) is 0 Å². The normalized spacial score (nSPS) is 19.0. The number of hydrogen-bond donors (Lipinski definition) is 0. The van der Waals surface area contributed by atoms with E-state index in [9.17, 15) is 9.59 Å². The number of aryl methyl sites for hydroxylation is 1. The second kappa shape index (κ2) is 4.31. The maximum Gasteiger partial charge on any atom is 0.311 e. The molecule has 0 spiro atoms. The molecule has 1 aliphatic heterocycles. The van der Waals surface area contributed by atoms with Crippen LogP contribution in [0.1, 0.15) is 35.4 Å². The molecule has 17 heavy (non-hydrogen) atoms. The number of esters is 1. The molecule has 0 saturated carbocycles. The number of nitrogens with zero attached hydrogens (tertiary/aromatic N) is 2. The number of fused-ring (bicyclic) bond motifs is 1. The van der Waals surface area contributed by atoms with Crippen molar-refractivity contribution in [2.24, 2.45) is 5.92 Å². The van der Waals surface area contributed by atoms with Crippen LogP contribution in [0.5, 0.6) is 0 Å². The molecule has 0 aromatic carbocycles. The molecule has 1 aromatic heterocycles. The van der Waals surface area contributed by atoms with Crippen molar-refractivity contribution in [3.05, 3.63) is 17.2 Å². The number of Topliss-reactive ketones (excluding diaryl/α,β-unsaturated/α-hetero) is 1. The van der Waals surface area contributed by atoms with Crippen molar-refractivity contribution in [1.29, 1.82) is 0 Å². The van der Waals surface area contributed by atoms with Crippen LogP contribution in [0, 0.1) is 19.8 Å². The SMILES string of the molecule is CCOC(=O)C1CC(=O)c2nc(C)c(C)n2C1. The van der Waals surface area contributed by atoms with Gasteiger partial charge in [-0.25, -0.2) is 4.98 Å². The number of hydrogen-bond acceptors (Lipinski definition) is 4. The zero-order valence-electron chi connectivity index (χ0n) is 10.3. The minimum atomic E-state index is -0.373. The molecule has 1 aromatic rings. The van der Waals surface area contributed by atoms with E-state index in [0.29, 0.717) is 19.0 Å². The van der Waals surface area contributed by atoms with Crippen LogP contribution in [0.15, 0.2) is 0 Å². The van der Waals surface area contributed by atoms with E-state index in [1.807, 2.05) is 18.4 Å². The summed E-state index contributed by atoms with van der Waals surface area (Å²) in [6, 6.07) is 0. The summed E-state index contributed by atoms with van der Waals surface area (Å²) < 4.78 is 6.79. The Morgan fingerprint density at radius 1 is 1.53 bits per heavy atom. The zero-order valence-corrected chi connectivity index (χ0v) is 10.3. The quantitative estimate of drug-likeness (QED) is 0.725. The molecular weight excluding hydrogens is 220 g/mol. The van der Waals surface area contributed by atoms with E-state index < -0.39 is 0 Å². The smallest absolute Gasteiger partial charge is 0.311 e. The van der Waals surface area contributed by atoms with Crippen LogP contribution in [0.4, 0.5) is 0 Å². The van der Waals surface area contributed by atoms with Crippen LogP contribution < -0.4 is 0 Å². The summed E-state index contributed by atoms with van der Waals surface area (Å²) in [5, 5.41) is 0. The van der Waals surface area contributed by atoms with Gasteiger partial charge in [0.15, 0.2) is 11.6 Å². The van der Waals surface area contributed by atoms with E-state index in [2.05, 4.69) is 4.98 Å². The summed E-state index contributed by atoms with van der Waals surface area (Å²) in [7, 11) is 0. The van der Waals surface area contributed by atoms with Crippen molar-refractivity contribution in [2.45, 2.75) is 33.7 Å². The summed E-state index contributed by atoms with van der Waals surface area (Å²) in [6.07, 6.45) is 0.203. The van der Waals surface area contributed by atoms with E-state index in [1.165, 1.54) is 0 Å². The third-order valence-electron chi connectivity index (χ3n) is 3.16. The summed E-state index contributed by atoms with van der Waals surface area (Å²) >= 11 is 0. The van der Waals surface area contributed by atoms with Crippen LogP contribution in [0.2, 0.25) is 0 Å². The number of aromatic nitrogens is 2. The number of imidazole rings is 1. The average Bonchev–Trinajstić information content (AvgIpc) is 2.57. The first-order valence-electron chi connectivity index (χ1n) is 5.78. The maximum absolute atomic E-state index is 11.9. The Bertz CT molecular complexity index is 476. The summed E-state index contributed by atoms with van der Waals surface area (Å²) in [5.74, 6) is -0.273. The van der Waals surface area contributed by atoms with Crippen molar-refractivity contribution in [3.8, 4) is 0 Å². The number of ether oxygens (including phenoxy) is 1. The maximum atomic E-state index is 11.9. The van der Waals surface area contributed by atoms with E-state index >= 15 is 0 Å². The van der Waals surface area contributed by atoms with Crippen molar-refractivity contribution in [2.75, 3.05) is 6.61 Å². The van der Waals surface area contributed by atoms with Gasteiger partial charge in [-0.2, -0.15) is 0 Å². The van der Waals surface area contributed by atoms with Gasteiger partial charge < -0.3 is 9.30 Å². The molecule has 0 saturated heterocycles. The van der Waals surface area contributed by atoms with E-state index in [-0.39, 0.29) is 24.1 Å². The highest BCUT2D eigenvalue weighted by molar-refractivity contribution is 5.96. The first-order chi connectivity index (χ1) is 8.04. The van der Waals surface area contributed by atoms with Gasteiger partial charge in [-0.1, -0.05) is 0 Å². The van der Waals surface area contributed by atoms with E-state index in [1.54, 1.807) is 6.92 Å². The van der Waals surface area contributed by atoms with Gasteiger partial charge in [0.1, 0.15) is 0 Å². The predicted molar refractivity (Wildman–Crippen MR) is 60.8 cm³/mol. The lowest BCUT2D eigenvalue weighted by Crippen LogP contribution is -2.32. The average molecular weight is 236 g/mol. The van der Waals surface area contributed by atoms with Gasteiger partial charge in [0, 0.05) is 18.7 Å². The molecule has 1 aliphatic rings. The van der Waals surface area contributed by atoms with Gasteiger partial charge in [-0.3, -0.25) is 9.59 Å². The second-order valence-electron chi connectivity index (χ2n) is 4.29. The molecule has 2 rings (SSSR count). The van der Waals surface area contributed by atoms with E-state index in [4.69, 9.17) is 4.74 Å². The van der Waals surface area contributed by atoms with Gasteiger partial charge in [-0.15, -0.1) is 0 Å². The predicted octanol–water partition coefficient (Wildman–Crippen LogP) is 1.27. The topological polar surface area (TPSA) is 61.2 Å². The first-order valence-corrected chi connectivity index (χ1v) is 5.78. The third-order valence-corrected chi connectivity index (χ3v) is 3.16.